The maximum atomic E-state index is 13.7. The molecule has 0 bridgehead atoms. The zero-order valence-electron chi connectivity index (χ0n) is 17.2. The van der Waals surface area contributed by atoms with Crippen LogP contribution < -0.4 is 16.2 Å². The minimum Gasteiger partial charge on any atom is -0.352 e. The number of hydrogen-bond acceptors (Lipinski definition) is 6. The van der Waals surface area contributed by atoms with E-state index in [-0.39, 0.29) is 5.82 Å². The third-order valence-electron chi connectivity index (χ3n) is 5.97. The zero-order valence-corrected chi connectivity index (χ0v) is 17.2. The van der Waals surface area contributed by atoms with Crippen LogP contribution in [-0.2, 0) is 6.54 Å². The van der Waals surface area contributed by atoms with Crippen LogP contribution in [0.25, 0.3) is 0 Å². The van der Waals surface area contributed by atoms with Crippen LogP contribution >= 0.6 is 0 Å². The molecule has 2 aliphatic heterocycles. The van der Waals surface area contributed by atoms with E-state index in [2.05, 4.69) is 44.9 Å². The van der Waals surface area contributed by atoms with Crippen molar-refractivity contribution in [3.05, 3.63) is 53.6 Å². The van der Waals surface area contributed by atoms with Crippen molar-refractivity contribution in [1.29, 1.82) is 0 Å². The van der Waals surface area contributed by atoms with Crippen molar-refractivity contribution >= 4 is 5.95 Å². The topological polar surface area (TPSA) is 65.1 Å². The summed E-state index contributed by atoms with van der Waals surface area (Å²) in [4.78, 5) is 11.3. The first-order valence-electron chi connectivity index (χ1n) is 10.6. The van der Waals surface area contributed by atoms with E-state index in [9.17, 15) is 4.39 Å². The summed E-state index contributed by atoms with van der Waals surface area (Å²) in [6, 6.07) is 7.73. The molecule has 0 saturated carbocycles. The molecule has 2 aliphatic rings. The highest BCUT2D eigenvalue weighted by atomic mass is 19.1. The van der Waals surface area contributed by atoms with Gasteiger partial charge in [-0.25, -0.2) is 14.4 Å². The summed E-state index contributed by atoms with van der Waals surface area (Å²) in [5.74, 6) is 1.44. The van der Waals surface area contributed by atoms with Crippen molar-refractivity contribution in [3.63, 3.8) is 0 Å². The van der Waals surface area contributed by atoms with Gasteiger partial charge in [0.15, 0.2) is 0 Å². The van der Waals surface area contributed by atoms with E-state index in [1.807, 2.05) is 24.5 Å². The Labute approximate surface area is 172 Å². The van der Waals surface area contributed by atoms with Crippen molar-refractivity contribution in [3.8, 4) is 0 Å². The van der Waals surface area contributed by atoms with Gasteiger partial charge in [-0.05, 0) is 63.4 Å². The van der Waals surface area contributed by atoms with Gasteiger partial charge in [0.1, 0.15) is 5.82 Å². The van der Waals surface area contributed by atoms with E-state index in [4.69, 9.17) is 0 Å². The van der Waals surface area contributed by atoms with Crippen LogP contribution in [0.3, 0.4) is 0 Å². The molecule has 3 N–H and O–H groups in total. The smallest absolute Gasteiger partial charge is 0.222 e. The minimum absolute atomic E-state index is 0.153. The molecular weight excluding hydrogens is 367 g/mol. The number of benzene rings is 1. The quantitative estimate of drug-likeness (QED) is 0.695. The number of hydrazine groups is 1. The summed E-state index contributed by atoms with van der Waals surface area (Å²) in [7, 11) is 0. The Bertz CT molecular complexity index is 788. The molecule has 0 aliphatic carbocycles. The number of piperidine rings is 1. The molecule has 3 heterocycles. The molecule has 0 radical (unpaired) electrons. The van der Waals surface area contributed by atoms with E-state index in [1.54, 1.807) is 6.07 Å². The number of nitrogens with zero attached hydrogens (tertiary/aromatic N) is 3. The molecule has 2 unspecified atom stereocenters. The van der Waals surface area contributed by atoms with E-state index < -0.39 is 0 Å². The molecule has 6 nitrogen and oxygen atoms in total. The number of halogens is 1. The van der Waals surface area contributed by atoms with Crippen LogP contribution in [0.5, 0.6) is 0 Å². The molecule has 2 fully saturated rings. The van der Waals surface area contributed by atoms with Crippen molar-refractivity contribution < 1.29 is 4.39 Å². The van der Waals surface area contributed by atoms with Gasteiger partial charge < -0.3 is 5.32 Å². The summed E-state index contributed by atoms with van der Waals surface area (Å²) < 4.78 is 13.7. The molecule has 4 rings (SSSR count). The predicted molar refractivity (Wildman–Crippen MR) is 113 cm³/mol. The molecule has 156 valence electrons. The summed E-state index contributed by atoms with van der Waals surface area (Å²) in [6.07, 6.45) is 6.12. The largest absolute Gasteiger partial charge is 0.352 e. The maximum Gasteiger partial charge on any atom is 0.222 e. The lowest BCUT2D eigenvalue weighted by atomic mass is 9.80. The SMILES string of the molecule is CC(C)Nc1ncc(CN2CCC(C3NNCC3c3cccc(F)c3)CC2)cn1. The van der Waals surface area contributed by atoms with Crippen LogP contribution in [0.2, 0.25) is 0 Å². The fourth-order valence-corrected chi connectivity index (χ4v) is 4.52. The maximum absolute atomic E-state index is 13.7. The van der Waals surface area contributed by atoms with Crippen molar-refractivity contribution in [2.24, 2.45) is 5.92 Å². The molecule has 2 aromatic rings. The minimum atomic E-state index is -0.153. The fourth-order valence-electron chi connectivity index (χ4n) is 4.52. The van der Waals surface area contributed by atoms with Gasteiger partial charge in [0, 0.05) is 49.0 Å². The standard InChI is InChI=1S/C22H31FN6/c1-15(2)27-22-24-11-16(12-25-22)14-29-8-6-17(7-9-29)21-20(13-26-28-21)18-4-3-5-19(23)10-18/h3-5,10-12,15,17,20-21,26,28H,6-9,13-14H2,1-2H3,(H,24,25,27). The van der Waals surface area contributed by atoms with Gasteiger partial charge in [-0.2, -0.15) is 0 Å². The number of anilines is 1. The number of rotatable bonds is 6. The molecule has 1 aromatic carbocycles. The average molecular weight is 399 g/mol. The molecule has 2 saturated heterocycles. The highest BCUT2D eigenvalue weighted by Crippen LogP contribution is 2.32. The second kappa shape index (κ2) is 9.15. The summed E-state index contributed by atoms with van der Waals surface area (Å²) in [6.45, 7) is 8.01. The number of aromatic nitrogens is 2. The van der Waals surface area contributed by atoms with Crippen molar-refractivity contribution in [2.45, 2.75) is 51.2 Å². The molecule has 0 amide bonds. The summed E-state index contributed by atoms with van der Waals surface area (Å²) in [5.41, 5.74) is 9.00. The number of nitrogens with one attached hydrogen (secondary N) is 3. The van der Waals surface area contributed by atoms with E-state index in [0.717, 1.165) is 50.1 Å². The van der Waals surface area contributed by atoms with Gasteiger partial charge in [-0.1, -0.05) is 12.1 Å². The molecule has 7 heteroatoms. The monoisotopic (exact) mass is 398 g/mol. The van der Waals surface area contributed by atoms with E-state index in [1.165, 1.54) is 6.07 Å². The molecule has 2 atom stereocenters. The van der Waals surface area contributed by atoms with E-state index >= 15 is 0 Å². The fraction of sp³-hybridized carbons (Fsp3) is 0.545. The Balaban J connectivity index is 1.31. The average Bonchev–Trinajstić information content (AvgIpc) is 3.20. The first-order chi connectivity index (χ1) is 14.1. The molecule has 0 spiro atoms. The zero-order chi connectivity index (χ0) is 20.2. The number of likely N-dealkylation sites (tertiary alicyclic amines) is 1. The Kier molecular flexibility index (Phi) is 6.37. The Morgan fingerprint density at radius 1 is 1.21 bits per heavy atom. The van der Waals surface area contributed by atoms with Crippen LogP contribution in [-0.4, -0.2) is 46.6 Å². The van der Waals surface area contributed by atoms with Crippen LogP contribution in [0.4, 0.5) is 10.3 Å². The summed E-state index contributed by atoms with van der Waals surface area (Å²) >= 11 is 0. The van der Waals surface area contributed by atoms with Gasteiger partial charge >= 0.3 is 0 Å². The normalized spacial score (nSPS) is 23.6. The molecule has 29 heavy (non-hydrogen) atoms. The van der Waals surface area contributed by atoms with Gasteiger partial charge in [0.25, 0.3) is 0 Å². The Morgan fingerprint density at radius 2 is 1.97 bits per heavy atom. The lowest BCUT2D eigenvalue weighted by Crippen LogP contribution is -2.44. The Morgan fingerprint density at radius 3 is 2.66 bits per heavy atom. The molecule has 1 aromatic heterocycles. The van der Waals surface area contributed by atoms with Crippen molar-refractivity contribution in [2.75, 3.05) is 25.0 Å². The van der Waals surface area contributed by atoms with Crippen LogP contribution in [0, 0.1) is 11.7 Å². The van der Waals surface area contributed by atoms with E-state index in [0.29, 0.717) is 29.9 Å². The van der Waals surface area contributed by atoms with Crippen molar-refractivity contribution in [1.82, 2.24) is 25.7 Å². The van der Waals surface area contributed by atoms with Gasteiger partial charge in [-0.3, -0.25) is 15.8 Å². The molecular formula is C22H31FN6. The van der Waals surface area contributed by atoms with Gasteiger partial charge in [0.05, 0.1) is 0 Å². The predicted octanol–water partition coefficient (Wildman–Crippen LogP) is 2.91. The second-order valence-corrected chi connectivity index (χ2v) is 8.54. The third-order valence-corrected chi connectivity index (χ3v) is 5.97. The first kappa shape index (κ1) is 20.2. The van der Waals surface area contributed by atoms with Gasteiger partial charge in [0.2, 0.25) is 5.95 Å². The third kappa shape index (κ3) is 5.10. The lowest BCUT2D eigenvalue weighted by molar-refractivity contribution is 0.151. The highest BCUT2D eigenvalue weighted by molar-refractivity contribution is 5.26. The second-order valence-electron chi connectivity index (χ2n) is 8.54. The highest BCUT2D eigenvalue weighted by Gasteiger charge is 2.36. The summed E-state index contributed by atoms with van der Waals surface area (Å²) in [5, 5.41) is 3.22. The van der Waals surface area contributed by atoms with Gasteiger partial charge in [-0.15, -0.1) is 0 Å². The van der Waals surface area contributed by atoms with Crippen LogP contribution in [0.15, 0.2) is 36.7 Å². The first-order valence-corrected chi connectivity index (χ1v) is 10.6. The van der Waals surface area contributed by atoms with Crippen LogP contribution in [0.1, 0.15) is 43.7 Å². The Hall–Kier alpha value is -2.09. The lowest BCUT2D eigenvalue weighted by Gasteiger charge is -2.36. The number of hydrogen-bond donors (Lipinski definition) is 3.